The van der Waals surface area contributed by atoms with E-state index < -0.39 is 4.92 Å². The van der Waals surface area contributed by atoms with Crippen LogP contribution in [-0.4, -0.2) is 46.9 Å². The van der Waals surface area contributed by atoms with Crippen LogP contribution in [0.2, 0.25) is 0 Å². The van der Waals surface area contributed by atoms with Gasteiger partial charge in [-0.3, -0.25) is 10.1 Å². The van der Waals surface area contributed by atoms with E-state index in [1.165, 1.54) is 6.07 Å². The van der Waals surface area contributed by atoms with E-state index in [0.29, 0.717) is 25.6 Å². The highest BCUT2D eigenvalue weighted by Gasteiger charge is 2.39. The van der Waals surface area contributed by atoms with E-state index in [2.05, 4.69) is 4.98 Å². The highest BCUT2D eigenvalue weighted by atomic mass is 16.6. The first-order valence-corrected chi connectivity index (χ1v) is 7.30. The molecule has 1 saturated heterocycles. The van der Waals surface area contributed by atoms with E-state index in [-0.39, 0.29) is 23.8 Å². The molecule has 0 aromatic carbocycles. The quantitative estimate of drug-likeness (QED) is 0.668. The highest BCUT2D eigenvalue weighted by molar-refractivity contribution is 5.58. The average Bonchev–Trinajstić information content (AvgIpc) is 2.93. The first kappa shape index (κ1) is 14.2. The Labute approximate surface area is 122 Å². The normalized spacial score (nSPS) is 29.6. The predicted octanol–water partition coefficient (Wildman–Crippen LogP) is 1.36. The number of nitrogens with zero attached hydrogens (tertiary/aromatic N) is 3. The van der Waals surface area contributed by atoms with Gasteiger partial charge < -0.3 is 14.7 Å². The SMILES string of the molecule is O=[N+]([O-])c1cccnc1N1CCOC[C@@H]1[C@H]1CCC[C@H]1O. The van der Waals surface area contributed by atoms with Crippen molar-refractivity contribution in [2.24, 2.45) is 5.92 Å². The van der Waals surface area contributed by atoms with Gasteiger partial charge in [-0.2, -0.15) is 0 Å². The number of hydrogen-bond acceptors (Lipinski definition) is 6. The molecule has 2 heterocycles. The molecule has 0 spiro atoms. The molecule has 0 unspecified atom stereocenters. The van der Waals surface area contributed by atoms with Gasteiger partial charge in [0.1, 0.15) is 0 Å². The summed E-state index contributed by atoms with van der Waals surface area (Å²) >= 11 is 0. The fourth-order valence-corrected chi connectivity index (χ4v) is 3.41. The first-order valence-electron chi connectivity index (χ1n) is 7.30. The number of morpholine rings is 1. The lowest BCUT2D eigenvalue weighted by atomic mass is 9.94. The molecule has 1 aromatic rings. The van der Waals surface area contributed by atoms with Crippen LogP contribution < -0.4 is 4.90 Å². The van der Waals surface area contributed by atoms with Crippen LogP contribution in [0.5, 0.6) is 0 Å². The van der Waals surface area contributed by atoms with E-state index >= 15 is 0 Å². The summed E-state index contributed by atoms with van der Waals surface area (Å²) < 4.78 is 5.54. The molecule has 7 heteroatoms. The minimum atomic E-state index is -0.403. The number of pyridine rings is 1. The van der Waals surface area contributed by atoms with Crippen LogP contribution in [-0.2, 0) is 4.74 Å². The Balaban J connectivity index is 1.93. The van der Waals surface area contributed by atoms with Crippen LogP contribution in [0.3, 0.4) is 0 Å². The van der Waals surface area contributed by atoms with Gasteiger partial charge in [-0.25, -0.2) is 4.98 Å². The van der Waals surface area contributed by atoms with E-state index in [1.807, 2.05) is 4.90 Å². The van der Waals surface area contributed by atoms with Crippen LogP contribution >= 0.6 is 0 Å². The molecule has 0 bridgehead atoms. The van der Waals surface area contributed by atoms with Crippen molar-refractivity contribution in [1.29, 1.82) is 0 Å². The van der Waals surface area contributed by atoms with Crippen LogP contribution in [0.4, 0.5) is 11.5 Å². The minimum absolute atomic E-state index is 0.0110. The zero-order valence-electron chi connectivity index (χ0n) is 11.7. The summed E-state index contributed by atoms with van der Waals surface area (Å²) in [4.78, 5) is 17.0. The molecule has 2 aliphatic rings. The molecule has 2 fully saturated rings. The minimum Gasteiger partial charge on any atom is -0.393 e. The van der Waals surface area contributed by atoms with Gasteiger partial charge in [-0.1, -0.05) is 6.42 Å². The number of anilines is 1. The molecular weight excluding hydrogens is 274 g/mol. The molecule has 0 amide bonds. The molecule has 1 aliphatic carbocycles. The summed E-state index contributed by atoms with van der Waals surface area (Å²) in [5, 5.41) is 21.4. The van der Waals surface area contributed by atoms with Gasteiger partial charge in [-0.15, -0.1) is 0 Å². The summed E-state index contributed by atoms with van der Waals surface area (Å²) in [6.07, 6.45) is 3.91. The number of ether oxygens (including phenoxy) is 1. The Hall–Kier alpha value is -1.73. The monoisotopic (exact) mass is 293 g/mol. The lowest BCUT2D eigenvalue weighted by molar-refractivity contribution is -0.384. The number of aliphatic hydroxyl groups is 1. The van der Waals surface area contributed by atoms with Crippen molar-refractivity contribution in [2.75, 3.05) is 24.7 Å². The third-order valence-electron chi connectivity index (χ3n) is 4.43. The second-order valence-corrected chi connectivity index (χ2v) is 5.60. The lowest BCUT2D eigenvalue weighted by Crippen LogP contribution is -2.51. The Morgan fingerprint density at radius 2 is 2.33 bits per heavy atom. The Kier molecular flexibility index (Phi) is 4.03. The maximum atomic E-state index is 11.2. The molecular formula is C14H19N3O4. The lowest BCUT2D eigenvalue weighted by Gasteiger charge is -2.40. The van der Waals surface area contributed by atoms with Crippen molar-refractivity contribution in [3.8, 4) is 0 Å². The van der Waals surface area contributed by atoms with Crippen molar-refractivity contribution in [3.63, 3.8) is 0 Å². The van der Waals surface area contributed by atoms with Crippen molar-refractivity contribution in [2.45, 2.75) is 31.4 Å². The first-order chi connectivity index (χ1) is 10.2. The molecule has 1 saturated carbocycles. The maximum absolute atomic E-state index is 11.2. The van der Waals surface area contributed by atoms with Crippen LogP contribution in [0.1, 0.15) is 19.3 Å². The second-order valence-electron chi connectivity index (χ2n) is 5.60. The van der Waals surface area contributed by atoms with Gasteiger partial charge in [0.2, 0.25) is 5.82 Å². The molecule has 114 valence electrons. The van der Waals surface area contributed by atoms with Crippen molar-refractivity contribution in [1.82, 2.24) is 4.98 Å². The second kappa shape index (κ2) is 5.95. The van der Waals surface area contributed by atoms with E-state index in [1.54, 1.807) is 12.3 Å². The van der Waals surface area contributed by atoms with E-state index in [0.717, 1.165) is 19.3 Å². The summed E-state index contributed by atoms with van der Waals surface area (Å²) in [6.45, 7) is 1.56. The molecule has 3 atom stereocenters. The predicted molar refractivity (Wildman–Crippen MR) is 76.2 cm³/mol. The number of hydrogen-bond donors (Lipinski definition) is 1. The van der Waals surface area contributed by atoms with Crippen LogP contribution in [0, 0.1) is 16.0 Å². The number of aliphatic hydroxyl groups excluding tert-OH is 1. The summed E-state index contributed by atoms with van der Waals surface area (Å²) in [6, 6.07) is 2.99. The van der Waals surface area contributed by atoms with Gasteiger partial charge in [-0.05, 0) is 18.9 Å². The van der Waals surface area contributed by atoms with Crippen LogP contribution in [0.15, 0.2) is 18.3 Å². The molecule has 21 heavy (non-hydrogen) atoms. The fraction of sp³-hybridized carbons (Fsp3) is 0.643. The van der Waals surface area contributed by atoms with E-state index in [4.69, 9.17) is 4.74 Å². The highest BCUT2D eigenvalue weighted by Crippen LogP contribution is 2.36. The standard InChI is InChI=1S/C14H19N3O4/c18-13-5-1-3-10(13)12-9-21-8-7-16(12)14-11(17(19)20)4-2-6-15-14/h2,4,6,10,12-13,18H,1,3,5,7-9H2/t10-,12-,13-/m1/s1. The van der Waals surface area contributed by atoms with Gasteiger partial charge in [0.25, 0.3) is 0 Å². The zero-order valence-corrected chi connectivity index (χ0v) is 11.7. The van der Waals surface area contributed by atoms with E-state index in [9.17, 15) is 15.2 Å². The zero-order chi connectivity index (χ0) is 14.8. The summed E-state index contributed by atoms with van der Waals surface area (Å²) in [7, 11) is 0. The molecule has 1 aliphatic heterocycles. The maximum Gasteiger partial charge on any atom is 0.311 e. The van der Waals surface area contributed by atoms with Gasteiger partial charge in [0, 0.05) is 24.7 Å². The summed E-state index contributed by atoms with van der Waals surface area (Å²) in [5.41, 5.74) is 0.0110. The largest absolute Gasteiger partial charge is 0.393 e. The average molecular weight is 293 g/mol. The van der Waals surface area contributed by atoms with Crippen molar-refractivity contribution >= 4 is 11.5 Å². The molecule has 1 aromatic heterocycles. The number of aromatic nitrogens is 1. The van der Waals surface area contributed by atoms with Gasteiger partial charge in [0.05, 0.1) is 30.3 Å². The van der Waals surface area contributed by atoms with Gasteiger partial charge in [0.15, 0.2) is 0 Å². The summed E-state index contributed by atoms with van der Waals surface area (Å²) in [5.74, 6) is 0.474. The third-order valence-corrected chi connectivity index (χ3v) is 4.43. The Morgan fingerprint density at radius 1 is 1.48 bits per heavy atom. The van der Waals surface area contributed by atoms with Gasteiger partial charge >= 0.3 is 5.69 Å². The van der Waals surface area contributed by atoms with Crippen molar-refractivity contribution < 1.29 is 14.8 Å². The topological polar surface area (TPSA) is 88.7 Å². The molecule has 0 radical (unpaired) electrons. The fourth-order valence-electron chi connectivity index (χ4n) is 3.41. The third kappa shape index (κ3) is 2.71. The molecule has 1 N–H and O–H groups in total. The van der Waals surface area contributed by atoms with Crippen LogP contribution in [0.25, 0.3) is 0 Å². The van der Waals surface area contributed by atoms with Crippen molar-refractivity contribution in [3.05, 3.63) is 28.4 Å². The Morgan fingerprint density at radius 3 is 3.05 bits per heavy atom. The smallest absolute Gasteiger partial charge is 0.311 e. The Bertz CT molecular complexity index is 525. The number of nitro groups is 1. The molecule has 3 rings (SSSR count). The number of rotatable bonds is 3. The molecule has 7 nitrogen and oxygen atoms in total.